The zero-order valence-electron chi connectivity index (χ0n) is 15.6. The standard InChI is InChI=1S/C20H24Cl2N4O.ClH/c21-17-7-1-9-23-19(17)25-11-3-5-15(13-25)27-16-6-4-12-26(14-16)20-18(22)8-2-10-24-20;/h1-2,7-10,15-16H,3-6,11-14H2;1H. The second-order valence-electron chi connectivity index (χ2n) is 7.17. The molecule has 2 atom stereocenters. The molecule has 4 heterocycles. The molecule has 0 bridgehead atoms. The smallest absolute Gasteiger partial charge is 0.147 e. The number of hydrogen-bond acceptors (Lipinski definition) is 5. The normalized spacial score (nSPS) is 22.6. The maximum Gasteiger partial charge on any atom is 0.147 e. The van der Waals surface area contributed by atoms with Crippen LogP contribution in [0.25, 0.3) is 0 Å². The lowest BCUT2D eigenvalue weighted by molar-refractivity contribution is -0.0236. The number of piperidine rings is 2. The van der Waals surface area contributed by atoms with Crippen molar-refractivity contribution < 1.29 is 4.74 Å². The molecule has 2 aliphatic heterocycles. The van der Waals surface area contributed by atoms with E-state index in [9.17, 15) is 0 Å². The number of ether oxygens (including phenoxy) is 1. The number of halogens is 3. The van der Waals surface area contributed by atoms with Crippen LogP contribution < -0.4 is 9.80 Å². The van der Waals surface area contributed by atoms with Gasteiger partial charge in [0.2, 0.25) is 0 Å². The average molecular weight is 444 g/mol. The van der Waals surface area contributed by atoms with Crippen LogP contribution in [0.5, 0.6) is 0 Å². The molecule has 5 nitrogen and oxygen atoms in total. The summed E-state index contributed by atoms with van der Waals surface area (Å²) in [6.45, 7) is 3.60. The molecule has 2 unspecified atom stereocenters. The molecule has 28 heavy (non-hydrogen) atoms. The van der Waals surface area contributed by atoms with Crippen LogP contribution in [0, 0.1) is 0 Å². The fourth-order valence-electron chi connectivity index (χ4n) is 3.98. The third-order valence-electron chi connectivity index (χ3n) is 5.22. The molecule has 2 aromatic heterocycles. The molecule has 2 saturated heterocycles. The molecule has 0 saturated carbocycles. The van der Waals surface area contributed by atoms with Crippen molar-refractivity contribution in [2.45, 2.75) is 37.9 Å². The van der Waals surface area contributed by atoms with Crippen LogP contribution in [-0.4, -0.2) is 48.4 Å². The molecule has 0 aromatic carbocycles. The fourth-order valence-corrected chi connectivity index (χ4v) is 4.46. The minimum Gasteiger partial charge on any atom is -0.371 e. The Morgan fingerprint density at radius 2 is 1.29 bits per heavy atom. The van der Waals surface area contributed by atoms with E-state index in [1.165, 1.54) is 0 Å². The van der Waals surface area contributed by atoms with Crippen LogP contribution >= 0.6 is 35.6 Å². The van der Waals surface area contributed by atoms with Gasteiger partial charge in [0.15, 0.2) is 0 Å². The third kappa shape index (κ3) is 5.01. The highest BCUT2D eigenvalue weighted by Crippen LogP contribution is 2.29. The van der Waals surface area contributed by atoms with Crippen LogP contribution in [0.15, 0.2) is 36.7 Å². The van der Waals surface area contributed by atoms with Crippen molar-refractivity contribution in [3.8, 4) is 0 Å². The van der Waals surface area contributed by atoms with E-state index in [1.807, 2.05) is 24.3 Å². The lowest BCUT2D eigenvalue weighted by Gasteiger charge is -2.39. The SMILES string of the molecule is Cl.Clc1cccnc1N1CCCC(OC2CCCN(c3ncccc3Cl)C2)C1. The van der Waals surface area contributed by atoms with Crippen molar-refractivity contribution in [3.05, 3.63) is 46.7 Å². The van der Waals surface area contributed by atoms with Crippen molar-refractivity contribution >= 4 is 47.2 Å². The van der Waals surface area contributed by atoms with Crippen LogP contribution in [0.2, 0.25) is 10.0 Å². The monoisotopic (exact) mass is 442 g/mol. The minimum atomic E-state index is 0. The van der Waals surface area contributed by atoms with E-state index in [4.69, 9.17) is 27.9 Å². The molecular weight excluding hydrogens is 419 g/mol. The Balaban J connectivity index is 0.00000225. The first-order chi connectivity index (χ1) is 13.2. The van der Waals surface area contributed by atoms with E-state index in [0.717, 1.165) is 63.5 Å². The van der Waals surface area contributed by atoms with Crippen molar-refractivity contribution in [2.24, 2.45) is 0 Å². The molecular formula is C20H25Cl3N4O. The van der Waals surface area contributed by atoms with Gasteiger partial charge in [0, 0.05) is 38.6 Å². The average Bonchev–Trinajstić information content (AvgIpc) is 2.69. The van der Waals surface area contributed by atoms with Crippen molar-refractivity contribution in [2.75, 3.05) is 36.0 Å². The number of pyridine rings is 2. The molecule has 152 valence electrons. The molecule has 2 aromatic rings. The Hall–Kier alpha value is -1.27. The lowest BCUT2D eigenvalue weighted by Crippen LogP contribution is -2.46. The van der Waals surface area contributed by atoms with Gasteiger partial charge in [-0.3, -0.25) is 0 Å². The molecule has 0 radical (unpaired) electrons. The lowest BCUT2D eigenvalue weighted by atomic mass is 10.1. The zero-order valence-corrected chi connectivity index (χ0v) is 18.0. The van der Waals surface area contributed by atoms with Crippen LogP contribution in [0.3, 0.4) is 0 Å². The summed E-state index contributed by atoms with van der Waals surface area (Å²) in [5.41, 5.74) is 0. The molecule has 0 amide bonds. The Morgan fingerprint density at radius 1 is 0.821 bits per heavy atom. The summed E-state index contributed by atoms with van der Waals surface area (Å²) in [6.07, 6.45) is 8.29. The van der Waals surface area contributed by atoms with Crippen molar-refractivity contribution in [1.82, 2.24) is 9.97 Å². The van der Waals surface area contributed by atoms with Gasteiger partial charge in [0.05, 0.1) is 22.3 Å². The van der Waals surface area contributed by atoms with Gasteiger partial charge in [-0.15, -0.1) is 12.4 Å². The highest BCUT2D eigenvalue weighted by atomic mass is 35.5. The van der Waals surface area contributed by atoms with E-state index in [0.29, 0.717) is 10.0 Å². The Kier molecular flexibility index (Phi) is 7.63. The van der Waals surface area contributed by atoms with Crippen LogP contribution in [0.4, 0.5) is 11.6 Å². The maximum atomic E-state index is 6.49. The van der Waals surface area contributed by atoms with Crippen LogP contribution in [-0.2, 0) is 4.74 Å². The summed E-state index contributed by atoms with van der Waals surface area (Å²) >= 11 is 12.7. The van der Waals surface area contributed by atoms with E-state index < -0.39 is 0 Å². The van der Waals surface area contributed by atoms with Gasteiger partial charge in [0.25, 0.3) is 0 Å². The molecule has 2 aliphatic rings. The van der Waals surface area contributed by atoms with Crippen molar-refractivity contribution in [1.29, 1.82) is 0 Å². The van der Waals surface area contributed by atoms with Crippen molar-refractivity contribution in [3.63, 3.8) is 0 Å². The number of hydrogen-bond donors (Lipinski definition) is 0. The summed E-state index contributed by atoms with van der Waals surface area (Å²) in [6, 6.07) is 7.51. The van der Waals surface area contributed by atoms with E-state index in [1.54, 1.807) is 12.4 Å². The predicted molar refractivity (Wildman–Crippen MR) is 117 cm³/mol. The van der Waals surface area contributed by atoms with Gasteiger partial charge in [0.1, 0.15) is 11.6 Å². The third-order valence-corrected chi connectivity index (χ3v) is 5.81. The van der Waals surface area contributed by atoms with Gasteiger partial charge in [-0.2, -0.15) is 0 Å². The Labute approximate surface area is 182 Å². The number of nitrogens with zero attached hydrogens (tertiary/aromatic N) is 4. The highest BCUT2D eigenvalue weighted by molar-refractivity contribution is 6.33. The van der Waals surface area contributed by atoms with Gasteiger partial charge in [-0.25, -0.2) is 9.97 Å². The molecule has 0 N–H and O–H groups in total. The molecule has 0 aliphatic carbocycles. The van der Waals surface area contributed by atoms with E-state index in [2.05, 4.69) is 19.8 Å². The number of aromatic nitrogens is 2. The fraction of sp³-hybridized carbons (Fsp3) is 0.500. The first kappa shape index (κ1) is 21.4. The van der Waals surface area contributed by atoms with Crippen LogP contribution in [0.1, 0.15) is 25.7 Å². The summed E-state index contributed by atoms with van der Waals surface area (Å²) in [5, 5.41) is 1.40. The number of rotatable bonds is 4. The first-order valence-electron chi connectivity index (χ1n) is 9.57. The summed E-state index contributed by atoms with van der Waals surface area (Å²) in [5.74, 6) is 1.72. The molecule has 4 rings (SSSR count). The first-order valence-corrected chi connectivity index (χ1v) is 10.3. The van der Waals surface area contributed by atoms with E-state index >= 15 is 0 Å². The summed E-state index contributed by atoms with van der Waals surface area (Å²) in [7, 11) is 0. The molecule has 0 spiro atoms. The largest absolute Gasteiger partial charge is 0.371 e. The Morgan fingerprint density at radius 3 is 1.71 bits per heavy atom. The molecule has 8 heteroatoms. The Bertz CT molecular complexity index is 715. The van der Waals surface area contributed by atoms with Gasteiger partial charge < -0.3 is 14.5 Å². The summed E-state index contributed by atoms with van der Waals surface area (Å²) in [4.78, 5) is 13.4. The molecule has 2 fully saturated rings. The second kappa shape index (κ2) is 9.97. The number of anilines is 2. The zero-order chi connectivity index (χ0) is 18.6. The van der Waals surface area contributed by atoms with Gasteiger partial charge >= 0.3 is 0 Å². The van der Waals surface area contributed by atoms with Gasteiger partial charge in [-0.1, -0.05) is 23.2 Å². The summed E-state index contributed by atoms with van der Waals surface area (Å²) < 4.78 is 6.49. The highest BCUT2D eigenvalue weighted by Gasteiger charge is 2.28. The van der Waals surface area contributed by atoms with E-state index in [-0.39, 0.29) is 24.6 Å². The van der Waals surface area contributed by atoms with Gasteiger partial charge in [-0.05, 0) is 49.9 Å². The quantitative estimate of drug-likeness (QED) is 0.675. The topological polar surface area (TPSA) is 41.5 Å². The second-order valence-corrected chi connectivity index (χ2v) is 7.99. The maximum absolute atomic E-state index is 6.49. The minimum absolute atomic E-state index is 0. The predicted octanol–water partition coefficient (Wildman–Crippen LogP) is 4.86.